The van der Waals surface area contributed by atoms with E-state index in [0.29, 0.717) is 29.5 Å². The molecule has 0 bridgehead atoms. The smallest absolute Gasteiger partial charge is 0.222 e. The van der Waals surface area contributed by atoms with E-state index < -0.39 is 11.5 Å². The van der Waals surface area contributed by atoms with Crippen molar-refractivity contribution in [3.63, 3.8) is 0 Å². The largest absolute Gasteiger partial charge is 0.566 e. The normalized spacial score (nSPS) is 19.1. The Hall–Kier alpha value is -1.40. The third-order valence-corrected chi connectivity index (χ3v) is 3.98. The van der Waals surface area contributed by atoms with Crippen LogP contribution in [0.25, 0.3) is 0 Å². The Bertz CT molecular complexity index is 479. The summed E-state index contributed by atoms with van der Waals surface area (Å²) in [5.41, 5.74) is 7.23. The van der Waals surface area contributed by atoms with Gasteiger partial charge >= 0.3 is 0 Å². The maximum atomic E-state index is 11.4. The fourth-order valence-corrected chi connectivity index (χ4v) is 2.50. The Balaban J connectivity index is 2.12. The lowest BCUT2D eigenvalue weighted by Gasteiger charge is -2.19. The molecular weight excluding hydrogens is 262 g/mol. The van der Waals surface area contributed by atoms with Crippen molar-refractivity contribution in [2.75, 3.05) is 11.3 Å². The highest BCUT2D eigenvalue weighted by molar-refractivity contribution is 7.91. The van der Waals surface area contributed by atoms with Crippen LogP contribution in [0.2, 0.25) is 0 Å². The molecule has 0 aromatic heterocycles. The first-order chi connectivity index (χ1) is 9.11. The second kappa shape index (κ2) is 6.16. The highest BCUT2D eigenvalue weighted by atomic mass is 32.2. The van der Waals surface area contributed by atoms with Crippen LogP contribution in [0, 0.1) is 5.92 Å². The molecule has 0 spiro atoms. The number of nitrogens with two attached hydrogens (primary N) is 1. The number of amidine groups is 1. The summed E-state index contributed by atoms with van der Waals surface area (Å²) in [6.07, 6.45) is 2.14. The molecule has 5 nitrogen and oxygen atoms in total. The summed E-state index contributed by atoms with van der Waals surface area (Å²) >= 11 is -1.50. The number of benzene rings is 1. The molecule has 1 aromatic carbocycles. The fraction of sp³-hybridized carbons (Fsp3) is 0.462. The van der Waals surface area contributed by atoms with Crippen LogP contribution in [0.3, 0.4) is 0 Å². The number of nitrogens with zero attached hydrogens (tertiary/aromatic N) is 1. The van der Waals surface area contributed by atoms with E-state index in [2.05, 4.69) is 23.0 Å². The highest BCUT2D eigenvalue weighted by Gasteiger charge is 2.24. The summed E-state index contributed by atoms with van der Waals surface area (Å²) in [7, 11) is 0. The van der Waals surface area contributed by atoms with Crippen LogP contribution < -0.4 is 15.2 Å². The number of nitrogens with one attached hydrogen (secondary N) is 1. The molecule has 0 saturated heterocycles. The van der Waals surface area contributed by atoms with Crippen LogP contribution in [0.1, 0.15) is 32.3 Å². The van der Waals surface area contributed by atoms with Crippen LogP contribution in [-0.2, 0) is 11.5 Å². The van der Waals surface area contributed by atoms with Gasteiger partial charge in [0.15, 0.2) is 5.84 Å². The van der Waals surface area contributed by atoms with E-state index in [9.17, 15) is 4.55 Å². The van der Waals surface area contributed by atoms with E-state index >= 15 is 0 Å². The van der Waals surface area contributed by atoms with Gasteiger partial charge in [0, 0.05) is 0 Å². The van der Waals surface area contributed by atoms with Crippen LogP contribution >= 0.6 is 0 Å². The molecule has 104 valence electrons. The van der Waals surface area contributed by atoms with Crippen molar-refractivity contribution in [1.29, 1.82) is 0 Å². The van der Waals surface area contributed by atoms with Crippen molar-refractivity contribution in [2.45, 2.75) is 26.7 Å². The number of ether oxygens (including phenoxy) is 1. The molecule has 0 saturated carbocycles. The second-order valence-electron chi connectivity index (χ2n) is 4.66. The van der Waals surface area contributed by atoms with Gasteiger partial charge in [-0.15, -0.1) is 0 Å². The van der Waals surface area contributed by atoms with Gasteiger partial charge in [-0.2, -0.15) is 4.72 Å². The minimum Gasteiger partial charge on any atom is -0.566 e. The Kier molecular flexibility index (Phi) is 4.55. The molecule has 19 heavy (non-hydrogen) atoms. The predicted molar refractivity (Wildman–Crippen MR) is 78.5 cm³/mol. The van der Waals surface area contributed by atoms with Crippen molar-refractivity contribution < 1.29 is 9.29 Å². The highest BCUT2D eigenvalue weighted by Crippen LogP contribution is 2.30. The second-order valence-corrected chi connectivity index (χ2v) is 5.54. The molecule has 2 atom stereocenters. The van der Waals surface area contributed by atoms with Crippen molar-refractivity contribution in [2.24, 2.45) is 16.0 Å². The van der Waals surface area contributed by atoms with Crippen LogP contribution in [0.5, 0.6) is 5.75 Å². The van der Waals surface area contributed by atoms with Crippen molar-refractivity contribution in [3.05, 3.63) is 23.8 Å². The summed E-state index contributed by atoms with van der Waals surface area (Å²) in [4.78, 5) is 0. The summed E-state index contributed by atoms with van der Waals surface area (Å²) in [6, 6.07) is 5.52. The molecule has 3 N–H and O–H groups in total. The number of hydrogen-bond donors (Lipinski definition) is 2. The number of hydrogen-bond acceptors (Lipinski definition) is 5. The monoisotopic (exact) mass is 281 g/mol. The van der Waals surface area contributed by atoms with Gasteiger partial charge in [-0.1, -0.05) is 26.3 Å². The zero-order valence-electron chi connectivity index (χ0n) is 11.2. The van der Waals surface area contributed by atoms with Gasteiger partial charge in [0.05, 0.1) is 17.9 Å². The first kappa shape index (κ1) is 14.0. The standard InChI is InChI=1S/C13H19N3O2S/c1-3-9(2)7-8-18-11-6-4-5-10-12(11)13(14)16-19(17)15-10/h4-6,9,15H,3,7-8H2,1-2H3,(H2,14,16). The van der Waals surface area contributed by atoms with Gasteiger partial charge in [-0.05, 0) is 28.9 Å². The van der Waals surface area contributed by atoms with E-state index in [1.807, 2.05) is 18.2 Å². The number of fused-ring (bicyclic) bond motifs is 1. The van der Waals surface area contributed by atoms with Crippen molar-refractivity contribution >= 4 is 23.1 Å². The SMILES string of the molecule is CCC(C)CCOc1cccc2c1C(N)=N[S+]([O-])N2. The van der Waals surface area contributed by atoms with E-state index in [1.165, 1.54) is 0 Å². The average molecular weight is 281 g/mol. The van der Waals surface area contributed by atoms with E-state index in [-0.39, 0.29) is 5.84 Å². The first-order valence-corrected chi connectivity index (χ1v) is 7.51. The lowest BCUT2D eigenvalue weighted by molar-refractivity contribution is 0.281. The predicted octanol–water partition coefficient (Wildman–Crippen LogP) is 2.21. The summed E-state index contributed by atoms with van der Waals surface area (Å²) in [5.74, 6) is 1.58. The fourth-order valence-electron chi connectivity index (χ4n) is 1.83. The third kappa shape index (κ3) is 3.33. The van der Waals surface area contributed by atoms with Crippen LogP contribution in [-0.4, -0.2) is 17.0 Å². The molecule has 0 fully saturated rings. The quantitative estimate of drug-likeness (QED) is 0.811. The van der Waals surface area contributed by atoms with Gasteiger partial charge in [0.25, 0.3) is 0 Å². The Morgan fingerprint density at radius 3 is 3.05 bits per heavy atom. The van der Waals surface area contributed by atoms with Gasteiger partial charge in [-0.25, -0.2) is 0 Å². The van der Waals surface area contributed by atoms with Gasteiger partial charge in [0.2, 0.25) is 11.5 Å². The van der Waals surface area contributed by atoms with Gasteiger partial charge in [-0.3, -0.25) is 0 Å². The van der Waals surface area contributed by atoms with Gasteiger partial charge < -0.3 is 15.0 Å². The van der Waals surface area contributed by atoms with Crippen molar-refractivity contribution in [3.8, 4) is 5.75 Å². The van der Waals surface area contributed by atoms with Crippen LogP contribution in [0.4, 0.5) is 5.69 Å². The minimum absolute atomic E-state index is 0.256. The van der Waals surface area contributed by atoms with E-state index in [4.69, 9.17) is 10.5 Å². The Morgan fingerprint density at radius 1 is 1.53 bits per heavy atom. The topological polar surface area (TPSA) is 82.7 Å². The number of anilines is 1. The molecule has 0 aliphatic carbocycles. The summed E-state index contributed by atoms with van der Waals surface area (Å²) in [5, 5.41) is 0. The first-order valence-electron chi connectivity index (χ1n) is 6.40. The lowest BCUT2D eigenvalue weighted by Crippen LogP contribution is -2.27. The van der Waals surface area contributed by atoms with E-state index in [1.54, 1.807) is 0 Å². The van der Waals surface area contributed by atoms with Crippen LogP contribution in [0.15, 0.2) is 22.6 Å². The maximum Gasteiger partial charge on any atom is 0.222 e. The lowest BCUT2D eigenvalue weighted by atomic mass is 10.1. The Morgan fingerprint density at radius 2 is 2.32 bits per heavy atom. The molecule has 0 radical (unpaired) electrons. The van der Waals surface area contributed by atoms with E-state index in [0.717, 1.165) is 12.8 Å². The molecule has 2 rings (SSSR count). The molecule has 1 aliphatic heterocycles. The zero-order chi connectivity index (χ0) is 13.8. The molecule has 1 aliphatic rings. The zero-order valence-corrected chi connectivity index (χ0v) is 12.0. The summed E-state index contributed by atoms with van der Waals surface area (Å²) in [6.45, 7) is 5.01. The maximum absolute atomic E-state index is 11.4. The molecule has 1 heterocycles. The average Bonchev–Trinajstić information content (AvgIpc) is 2.37. The molecule has 1 aromatic rings. The number of rotatable bonds is 5. The molecule has 6 heteroatoms. The molecular formula is C13H19N3O2S. The van der Waals surface area contributed by atoms with Crippen molar-refractivity contribution in [1.82, 2.24) is 0 Å². The minimum atomic E-state index is -1.50. The molecule has 0 amide bonds. The molecule has 2 unspecified atom stereocenters. The Labute approximate surface area is 116 Å². The summed E-state index contributed by atoms with van der Waals surface area (Å²) < 4.78 is 23.7. The third-order valence-electron chi connectivity index (χ3n) is 3.23. The van der Waals surface area contributed by atoms with Gasteiger partial charge in [0.1, 0.15) is 5.75 Å².